The van der Waals surface area contributed by atoms with Gasteiger partial charge in [0.25, 0.3) is 5.91 Å². The average Bonchev–Trinajstić information content (AvgIpc) is 2.49. The Hall–Kier alpha value is -1.49. The van der Waals surface area contributed by atoms with Crippen LogP contribution in [0.3, 0.4) is 0 Å². The van der Waals surface area contributed by atoms with Gasteiger partial charge in [-0.05, 0) is 39.2 Å². The van der Waals surface area contributed by atoms with Crippen LogP contribution < -0.4 is 10.6 Å². The normalized spacial score (nSPS) is 24.7. The summed E-state index contributed by atoms with van der Waals surface area (Å²) >= 11 is 0. The van der Waals surface area contributed by atoms with Gasteiger partial charge in [-0.3, -0.25) is 9.78 Å². The van der Waals surface area contributed by atoms with Crippen LogP contribution in [-0.4, -0.2) is 34.0 Å². The zero-order chi connectivity index (χ0) is 14.7. The molecule has 1 aliphatic heterocycles. The number of hydrogen-bond acceptors (Lipinski definition) is 4. The highest BCUT2D eigenvalue weighted by atomic mass is 16.1. The van der Waals surface area contributed by atoms with E-state index in [-0.39, 0.29) is 17.5 Å². The highest BCUT2D eigenvalue weighted by molar-refractivity contribution is 5.92. The number of aryl methyl sites for hydroxylation is 1. The minimum Gasteiger partial charge on any atom is -0.348 e. The number of rotatable bonds is 2. The zero-order valence-corrected chi connectivity index (χ0v) is 12.7. The van der Waals surface area contributed by atoms with E-state index in [0.29, 0.717) is 5.69 Å². The van der Waals surface area contributed by atoms with Crippen molar-refractivity contribution in [2.24, 2.45) is 0 Å². The maximum absolute atomic E-state index is 12.3. The SMILES string of the molecule is Cc1cnc(C(=O)NC2CCNC3(CCCCC3)C2)cn1. The van der Waals surface area contributed by atoms with Crippen LogP contribution in [0.4, 0.5) is 0 Å². The smallest absolute Gasteiger partial charge is 0.271 e. The molecule has 2 heterocycles. The molecule has 2 fully saturated rings. The number of hydrogen-bond donors (Lipinski definition) is 2. The number of carbonyl (C=O) groups is 1. The molecular weight excluding hydrogens is 264 g/mol. The second kappa shape index (κ2) is 6.10. The predicted octanol–water partition coefficient (Wildman–Crippen LogP) is 1.97. The largest absolute Gasteiger partial charge is 0.348 e. The molecule has 1 saturated carbocycles. The first-order valence-corrected chi connectivity index (χ1v) is 8.01. The van der Waals surface area contributed by atoms with Crippen molar-refractivity contribution in [3.63, 3.8) is 0 Å². The molecule has 1 spiro atoms. The molecule has 1 aromatic rings. The van der Waals surface area contributed by atoms with Crippen molar-refractivity contribution in [3.8, 4) is 0 Å². The Morgan fingerprint density at radius 2 is 2.10 bits per heavy atom. The number of amides is 1. The molecular formula is C16H24N4O. The van der Waals surface area contributed by atoms with E-state index in [9.17, 15) is 4.79 Å². The van der Waals surface area contributed by atoms with Gasteiger partial charge in [0.1, 0.15) is 5.69 Å². The molecule has 0 aromatic carbocycles. The van der Waals surface area contributed by atoms with Crippen LogP contribution in [0, 0.1) is 6.92 Å². The van der Waals surface area contributed by atoms with E-state index in [1.54, 1.807) is 12.4 Å². The number of nitrogens with one attached hydrogen (secondary N) is 2. The minimum atomic E-state index is -0.0969. The van der Waals surface area contributed by atoms with Crippen molar-refractivity contribution in [3.05, 3.63) is 23.8 Å². The zero-order valence-electron chi connectivity index (χ0n) is 12.7. The lowest BCUT2D eigenvalue weighted by Gasteiger charge is -2.44. The molecule has 1 aliphatic carbocycles. The van der Waals surface area contributed by atoms with Crippen molar-refractivity contribution >= 4 is 5.91 Å². The van der Waals surface area contributed by atoms with Crippen LogP contribution in [0.2, 0.25) is 0 Å². The van der Waals surface area contributed by atoms with Crippen LogP contribution in [0.15, 0.2) is 12.4 Å². The summed E-state index contributed by atoms with van der Waals surface area (Å²) in [4.78, 5) is 20.6. The lowest BCUT2D eigenvalue weighted by atomic mass is 9.75. The van der Waals surface area contributed by atoms with Gasteiger partial charge in [0, 0.05) is 17.8 Å². The quantitative estimate of drug-likeness (QED) is 0.873. The molecule has 21 heavy (non-hydrogen) atoms. The number of carbonyl (C=O) groups excluding carboxylic acids is 1. The predicted molar refractivity (Wildman–Crippen MR) is 81.1 cm³/mol. The van der Waals surface area contributed by atoms with Crippen LogP contribution in [0.1, 0.15) is 61.1 Å². The molecule has 5 nitrogen and oxygen atoms in total. The second-order valence-corrected chi connectivity index (χ2v) is 6.47. The van der Waals surface area contributed by atoms with Gasteiger partial charge in [-0.25, -0.2) is 4.98 Å². The summed E-state index contributed by atoms with van der Waals surface area (Å²) in [6, 6.07) is 0.250. The van der Waals surface area contributed by atoms with Crippen molar-refractivity contribution in [1.82, 2.24) is 20.6 Å². The Balaban J connectivity index is 1.61. The van der Waals surface area contributed by atoms with Crippen LogP contribution in [-0.2, 0) is 0 Å². The van der Waals surface area contributed by atoms with E-state index < -0.39 is 0 Å². The van der Waals surface area contributed by atoms with Gasteiger partial charge in [-0.2, -0.15) is 0 Å². The summed E-state index contributed by atoms with van der Waals surface area (Å²) in [7, 11) is 0. The summed E-state index contributed by atoms with van der Waals surface area (Å²) in [5, 5.41) is 6.85. The Kier molecular flexibility index (Phi) is 4.19. The van der Waals surface area contributed by atoms with E-state index in [1.165, 1.54) is 32.1 Å². The summed E-state index contributed by atoms with van der Waals surface area (Å²) in [6.07, 6.45) is 11.7. The first kappa shape index (κ1) is 14.4. The molecule has 1 atom stereocenters. The minimum absolute atomic E-state index is 0.0969. The molecule has 1 saturated heterocycles. The van der Waals surface area contributed by atoms with Gasteiger partial charge in [-0.1, -0.05) is 19.3 Å². The van der Waals surface area contributed by atoms with E-state index in [0.717, 1.165) is 25.1 Å². The van der Waals surface area contributed by atoms with Crippen molar-refractivity contribution in [1.29, 1.82) is 0 Å². The molecule has 1 amide bonds. The maximum Gasteiger partial charge on any atom is 0.271 e. The third kappa shape index (κ3) is 3.40. The molecule has 114 valence electrons. The Morgan fingerprint density at radius 1 is 1.29 bits per heavy atom. The number of piperidine rings is 1. The molecule has 1 aromatic heterocycles. The van der Waals surface area contributed by atoms with Crippen LogP contribution in [0.5, 0.6) is 0 Å². The molecule has 5 heteroatoms. The lowest BCUT2D eigenvalue weighted by molar-refractivity contribution is 0.0887. The number of nitrogens with zero attached hydrogens (tertiary/aromatic N) is 2. The van der Waals surface area contributed by atoms with Crippen molar-refractivity contribution in [2.45, 2.75) is 63.5 Å². The third-order valence-corrected chi connectivity index (χ3v) is 4.79. The van der Waals surface area contributed by atoms with Crippen LogP contribution >= 0.6 is 0 Å². The Bertz CT molecular complexity index is 488. The van der Waals surface area contributed by atoms with Crippen molar-refractivity contribution in [2.75, 3.05) is 6.54 Å². The first-order chi connectivity index (χ1) is 10.2. The maximum atomic E-state index is 12.3. The first-order valence-electron chi connectivity index (χ1n) is 8.01. The fourth-order valence-electron chi connectivity index (χ4n) is 3.66. The molecule has 0 radical (unpaired) electrons. The summed E-state index contributed by atoms with van der Waals surface area (Å²) in [5.41, 5.74) is 1.50. The summed E-state index contributed by atoms with van der Waals surface area (Å²) in [6.45, 7) is 2.86. The monoisotopic (exact) mass is 288 g/mol. The Morgan fingerprint density at radius 3 is 2.81 bits per heavy atom. The molecule has 1 unspecified atom stereocenters. The van der Waals surface area contributed by atoms with E-state index in [1.807, 2.05) is 6.92 Å². The number of aromatic nitrogens is 2. The molecule has 3 rings (SSSR count). The summed E-state index contributed by atoms with van der Waals surface area (Å²) in [5.74, 6) is -0.0969. The van der Waals surface area contributed by atoms with E-state index in [4.69, 9.17) is 0 Å². The van der Waals surface area contributed by atoms with Gasteiger partial charge >= 0.3 is 0 Å². The molecule has 2 aliphatic rings. The van der Waals surface area contributed by atoms with Crippen LogP contribution in [0.25, 0.3) is 0 Å². The van der Waals surface area contributed by atoms with Crippen molar-refractivity contribution < 1.29 is 4.79 Å². The van der Waals surface area contributed by atoms with E-state index >= 15 is 0 Å². The van der Waals surface area contributed by atoms with Gasteiger partial charge < -0.3 is 10.6 Å². The standard InChI is InChI=1S/C16H24N4O/c1-12-10-18-14(11-17-12)15(21)20-13-5-8-19-16(9-13)6-3-2-4-7-16/h10-11,13,19H,2-9H2,1H3,(H,20,21). The topological polar surface area (TPSA) is 66.9 Å². The lowest BCUT2D eigenvalue weighted by Crippen LogP contribution is -2.57. The van der Waals surface area contributed by atoms with Gasteiger partial charge in [0.05, 0.1) is 11.9 Å². The Labute approximate surface area is 125 Å². The molecule has 2 N–H and O–H groups in total. The van der Waals surface area contributed by atoms with E-state index in [2.05, 4.69) is 20.6 Å². The van der Waals surface area contributed by atoms with Gasteiger partial charge in [0.15, 0.2) is 0 Å². The highest BCUT2D eigenvalue weighted by Gasteiger charge is 2.37. The summed E-state index contributed by atoms with van der Waals surface area (Å²) < 4.78 is 0. The average molecular weight is 288 g/mol. The molecule has 0 bridgehead atoms. The van der Waals surface area contributed by atoms with Gasteiger partial charge in [-0.15, -0.1) is 0 Å². The third-order valence-electron chi connectivity index (χ3n) is 4.79. The fraction of sp³-hybridized carbons (Fsp3) is 0.688. The van der Waals surface area contributed by atoms with Gasteiger partial charge in [0.2, 0.25) is 0 Å². The highest BCUT2D eigenvalue weighted by Crippen LogP contribution is 2.34. The second-order valence-electron chi connectivity index (χ2n) is 6.47. The fourth-order valence-corrected chi connectivity index (χ4v) is 3.66.